The van der Waals surface area contributed by atoms with Gasteiger partial charge in [-0.25, -0.2) is 0 Å². The lowest BCUT2D eigenvalue weighted by Crippen LogP contribution is -2.45. The number of carbonyl (C=O) groups is 1. The number of allylic oxidation sites excluding steroid dienone is 1. The predicted octanol–water partition coefficient (Wildman–Crippen LogP) is 1.47. The summed E-state index contributed by atoms with van der Waals surface area (Å²) >= 11 is 0. The first-order valence-corrected chi connectivity index (χ1v) is 5.76. The minimum atomic E-state index is -0.250. The van der Waals surface area contributed by atoms with Crippen LogP contribution in [0.2, 0.25) is 0 Å². The molecular weight excluding hydrogens is 206 g/mol. The molecule has 0 bridgehead atoms. The Bertz CT molecular complexity index is 251. The highest BCUT2D eigenvalue weighted by atomic mass is 16.5. The Balaban J connectivity index is 2.37. The first-order chi connectivity index (χ1) is 7.65. The van der Waals surface area contributed by atoms with Crippen molar-refractivity contribution >= 4 is 5.97 Å². The van der Waals surface area contributed by atoms with Crippen molar-refractivity contribution in [2.24, 2.45) is 5.92 Å². The molecule has 0 fully saturated rings. The third kappa shape index (κ3) is 3.85. The molecule has 4 nitrogen and oxygen atoms in total. The van der Waals surface area contributed by atoms with E-state index in [2.05, 4.69) is 5.32 Å². The van der Waals surface area contributed by atoms with Gasteiger partial charge in [0.1, 0.15) is 12.1 Å². The molecule has 0 saturated heterocycles. The molecule has 16 heavy (non-hydrogen) atoms. The number of hydrogen-bond donors (Lipinski definition) is 1. The van der Waals surface area contributed by atoms with Crippen molar-refractivity contribution in [2.45, 2.75) is 38.8 Å². The number of nitrogens with one attached hydrogen (secondary N) is 1. The van der Waals surface area contributed by atoms with Gasteiger partial charge < -0.3 is 14.8 Å². The fourth-order valence-corrected chi connectivity index (χ4v) is 1.71. The Labute approximate surface area is 97.0 Å². The second-order valence-corrected chi connectivity index (χ2v) is 4.36. The van der Waals surface area contributed by atoms with E-state index >= 15 is 0 Å². The van der Waals surface area contributed by atoms with Gasteiger partial charge in [0.15, 0.2) is 0 Å². The Morgan fingerprint density at radius 1 is 1.62 bits per heavy atom. The van der Waals surface area contributed by atoms with Gasteiger partial charge in [-0.3, -0.25) is 4.79 Å². The van der Waals surface area contributed by atoms with Crippen LogP contribution >= 0.6 is 0 Å². The summed E-state index contributed by atoms with van der Waals surface area (Å²) in [5, 5.41) is 3.21. The second-order valence-electron chi connectivity index (χ2n) is 4.36. The molecule has 92 valence electrons. The third-order valence-corrected chi connectivity index (χ3v) is 2.71. The van der Waals surface area contributed by atoms with Gasteiger partial charge >= 0.3 is 5.97 Å². The molecule has 0 radical (unpaired) electrons. The molecule has 2 atom stereocenters. The second kappa shape index (κ2) is 6.53. The fraction of sp³-hybridized carbons (Fsp3) is 0.750. The summed E-state index contributed by atoms with van der Waals surface area (Å²) in [4.78, 5) is 11.5. The Kier molecular flexibility index (Phi) is 5.32. The van der Waals surface area contributed by atoms with Crippen LogP contribution in [0.4, 0.5) is 0 Å². The lowest BCUT2D eigenvalue weighted by molar-refractivity contribution is -0.144. The molecule has 0 aromatic heterocycles. The first kappa shape index (κ1) is 13.0. The van der Waals surface area contributed by atoms with Crippen LogP contribution in [0, 0.1) is 5.92 Å². The van der Waals surface area contributed by atoms with E-state index in [-0.39, 0.29) is 24.0 Å². The average Bonchev–Trinajstić information content (AvgIpc) is 2.30. The Morgan fingerprint density at radius 2 is 2.38 bits per heavy atom. The highest BCUT2D eigenvalue weighted by Crippen LogP contribution is 2.10. The van der Waals surface area contributed by atoms with Crippen LogP contribution in [0.25, 0.3) is 0 Å². The van der Waals surface area contributed by atoms with E-state index in [4.69, 9.17) is 9.47 Å². The average molecular weight is 227 g/mol. The molecule has 0 aromatic rings. The molecule has 0 aromatic carbocycles. The molecule has 1 aliphatic rings. The first-order valence-electron chi connectivity index (χ1n) is 5.76. The maximum absolute atomic E-state index is 11.5. The van der Waals surface area contributed by atoms with Gasteiger partial charge in [-0.05, 0) is 24.8 Å². The largest absolute Gasteiger partial charge is 0.497 e. The summed E-state index contributed by atoms with van der Waals surface area (Å²) in [7, 11) is 1.42. The number of ether oxygens (including phenoxy) is 2. The van der Waals surface area contributed by atoms with E-state index in [0.717, 1.165) is 12.8 Å². The molecule has 1 aliphatic heterocycles. The molecule has 1 heterocycles. The zero-order chi connectivity index (χ0) is 12.0. The van der Waals surface area contributed by atoms with Gasteiger partial charge in [0.25, 0.3) is 0 Å². The minimum Gasteiger partial charge on any atom is -0.497 e. The summed E-state index contributed by atoms with van der Waals surface area (Å²) in [6.45, 7) is 4.68. The number of esters is 1. The van der Waals surface area contributed by atoms with E-state index in [0.29, 0.717) is 6.54 Å². The standard InChI is InChI=1S/C12H21NO3/c1-9(2)11(12(14)15-3)13-8-10-6-4-5-7-16-10/h5,7,9-11,13H,4,6,8H2,1-3H3. The van der Waals surface area contributed by atoms with E-state index in [1.165, 1.54) is 7.11 Å². The molecule has 4 heteroatoms. The number of hydrogen-bond acceptors (Lipinski definition) is 4. The number of carbonyl (C=O) groups excluding carboxylic acids is 1. The lowest BCUT2D eigenvalue weighted by atomic mass is 10.0. The summed E-state index contributed by atoms with van der Waals surface area (Å²) in [6, 6.07) is -0.250. The Hall–Kier alpha value is -1.03. The van der Waals surface area contributed by atoms with Crippen LogP contribution in [-0.2, 0) is 14.3 Å². The molecule has 0 aliphatic carbocycles. The normalized spacial score (nSPS) is 21.6. The number of rotatable bonds is 5. The molecule has 1 rings (SSSR count). The topological polar surface area (TPSA) is 47.6 Å². The van der Waals surface area contributed by atoms with Crippen LogP contribution in [0.5, 0.6) is 0 Å². The third-order valence-electron chi connectivity index (χ3n) is 2.71. The molecule has 0 saturated carbocycles. The van der Waals surface area contributed by atoms with Crippen molar-refractivity contribution in [3.05, 3.63) is 12.3 Å². The predicted molar refractivity (Wildman–Crippen MR) is 61.9 cm³/mol. The molecule has 0 spiro atoms. The maximum Gasteiger partial charge on any atom is 0.323 e. The van der Waals surface area contributed by atoms with Crippen molar-refractivity contribution in [2.75, 3.05) is 13.7 Å². The van der Waals surface area contributed by atoms with Crippen LogP contribution in [0.3, 0.4) is 0 Å². The maximum atomic E-state index is 11.5. The zero-order valence-corrected chi connectivity index (χ0v) is 10.2. The van der Waals surface area contributed by atoms with E-state index < -0.39 is 0 Å². The fourth-order valence-electron chi connectivity index (χ4n) is 1.71. The van der Waals surface area contributed by atoms with Gasteiger partial charge in [0.05, 0.1) is 13.4 Å². The van der Waals surface area contributed by atoms with E-state index in [9.17, 15) is 4.79 Å². The van der Waals surface area contributed by atoms with Crippen LogP contribution in [-0.4, -0.2) is 31.8 Å². The highest BCUT2D eigenvalue weighted by Gasteiger charge is 2.23. The van der Waals surface area contributed by atoms with Crippen molar-refractivity contribution in [3.63, 3.8) is 0 Å². The minimum absolute atomic E-state index is 0.163. The van der Waals surface area contributed by atoms with E-state index in [1.807, 2.05) is 19.9 Å². The quantitative estimate of drug-likeness (QED) is 0.722. The van der Waals surface area contributed by atoms with Crippen LogP contribution < -0.4 is 5.32 Å². The van der Waals surface area contributed by atoms with Crippen molar-refractivity contribution in [1.29, 1.82) is 0 Å². The SMILES string of the molecule is COC(=O)C(NCC1CCC=CO1)C(C)C. The van der Waals surface area contributed by atoms with E-state index in [1.54, 1.807) is 6.26 Å². The van der Waals surface area contributed by atoms with Crippen LogP contribution in [0.15, 0.2) is 12.3 Å². The molecular formula is C12H21NO3. The molecule has 1 N–H and O–H groups in total. The van der Waals surface area contributed by atoms with Crippen molar-refractivity contribution in [1.82, 2.24) is 5.32 Å². The lowest BCUT2D eigenvalue weighted by Gasteiger charge is -2.24. The highest BCUT2D eigenvalue weighted by molar-refractivity contribution is 5.75. The smallest absolute Gasteiger partial charge is 0.323 e. The summed E-state index contributed by atoms with van der Waals surface area (Å²) in [5.74, 6) is 0.00735. The molecule has 2 unspecified atom stereocenters. The zero-order valence-electron chi connectivity index (χ0n) is 10.2. The van der Waals surface area contributed by atoms with Gasteiger partial charge in [-0.1, -0.05) is 13.8 Å². The summed E-state index contributed by atoms with van der Waals surface area (Å²) in [5.41, 5.74) is 0. The van der Waals surface area contributed by atoms with Gasteiger partial charge in [-0.15, -0.1) is 0 Å². The molecule has 0 amide bonds. The van der Waals surface area contributed by atoms with Crippen molar-refractivity contribution in [3.8, 4) is 0 Å². The van der Waals surface area contributed by atoms with Gasteiger partial charge in [-0.2, -0.15) is 0 Å². The van der Waals surface area contributed by atoms with Gasteiger partial charge in [0.2, 0.25) is 0 Å². The monoisotopic (exact) mass is 227 g/mol. The summed E-state index contributed by atoms with van der Waals surface area (Å²) in [6.07, 6.45) is 5.94. The van der Waals surface area contributed by atoms with Gasteiger partial charge in [0, 0.05) is 6.54 Å². The summed E-state index contributed by atoms with van der Waals surface area (Å²) < 4.78 is 10.2. The number of methoxy groups -OCH3 is 1. The Morgan fingerprint density at radius 3 is 2.88 bits per heavy atom. The van der Waals surface area contributed by atoms with Crippen molar-refractivity contribution < 1.29 is 14.3 Å². The van der Waals surface area contributed by atoms with Crippen LogP contribution in [0.1, 0.15) is 26.7 Å².